The van der Waals surface area contributed by atoms with Gasteiger partial charge in [0.05, 0.1) is 12.6 Å². The molecule has 0 fully saturated rings. The lowest BCUT2D eigenvalue weighted by molar-refractivity contribution is -0.124. The molecule has 0 bridgehead atoms. The molecule has 7 heteroatoms. The molecule has 1 amide bonds. The van der Waals surface area contributed by atoms with Crippen LogP contribution in [0.1, 0.15) is 45.3 Å². The highest BCUT2D eigenvalue weighted by Gasteiger charge is 2.26. The van der Waals surface area contributed by atoms with Gasteiger partial charge in [-0.3, -0.25) is 4.79 Å². The number of fused-ring (bicyclic) bond motifs is 1. The average molecular weight is 316 g/mol. The molecule has 3 unspecified atom stereocenters. The number of hydrogen-bond acceptors (Lipinski definition) is 4. The predicted octanol–water partition coefficient (Wildman–Crippen LogP) is 1.07. The molecule has 0 radical (unpaired) electrons. The van der Waals surface area contributed by atoms with Crippen LogP contribution in [0.5, 0.6) is 0 Å². The highest BCUT2D eigenvalue weighted by atomic mass is 35.5. The predicted molar refractivity (Wildman–Crippen MR) is 84.3 cm³/mol. The fourth-order valence-electron chi connectivity index (χ4n) is 2.44. The van der Waals surface area contributed by atoms with Crippen LogP contribution in [-0.2, 0) is 24.2 Å². The van der Waals surface area contributed by atoms with E-state index in [2.05, 4.69) is 15.4 Å². The van der Waals surface area contributed by atoms with Crippen LogP contribution in [0.3, 0.4) is 0 Å². The maximum absolute atomic E-state index is 12.1. The summed E-state index contributed by atoms with van der Waals surface area (Å²) in [6, 6.07) is -0.320. The monoisotopic (exact) mass is 315 g/mol. The maximum Gasteiger partial charge on any atom is 0.237 e. The largest absolute Gasteiger partial charge is 0.350 e. The van der Waals surface area contributed by atoms with Gasteiger partial charge in [0.2, 0.25) is 5.91 Å². The average Bonchev–Trinajstić information content (AvgIpc) is 2.87. The van der Waals surface area contributed by atoms with Crippen LogP contribution in [0.4, 0.5) is 0 Å². The summed E-state index contributed by atoms with van der Waals surface area (Å²) in [6.07, 6.45) is 3.51. The maximum atomic E-state index is 12.1. The van der Waals surface area contributed by atoms with E-state index in [1.165, 1.54) is 0 Å². The van der Waals surface area contributed by atoms with Gasteiger partial charge in [-0.05, 0) is 12.3 Å². The number of aryl methyl sites for hydroxylation is 2. The molecule has 0 spiro atoms. The van der Waals surface area contributed by atoms with Crippen molar-refractivity contribution in [1.82, 2.24) is 20.1 Å². The van der Waals surface area contributed by atoms with Crippen molar-refractivity contribution in [1.29, 1.82) is 0 Å². The summed E-state index contributed by atoms with van der Waals surface area (Å²) >= 11 is 0. The summed E-state index contributed by atoms with van der Waals surface area (Å²) in [4.78, 5) is 16.6. The van der Waals surface area contributed by atoms with E-state index in [-0.39, 0.29) is 30.3 Å². The zero-order valence-corrected chi connectivity index (χ0v) is 13.8. The van der Waals surface area contributed by atoms with E-state index >= 15 is 0 Å². The van der Waals surface area contributed by atoms with Crippen molar-refractivity contribution in [2.24, 2.45) is 11.7 Å². The normalized spacial score (nSPS) is 20.1. The molecule has 1 aliphatic heterocycles. The minimum absolute atomic E-state index is 0. The summed E-state index contributed by atoms with van der Waals surface area (Å²) in [6.45, 7) is 6.80. The fraction of sp³-hybridized carbons (Fsp3) is 0.786. The molecule has 120 valence electrons. The molecule has 3 atom stereocenters. The molecular formula is C14H26ClN5O. The van der Waals surface area contributed by atoms with Crippen LogP contribution in [0.15, 0.2) is 0 Å². The van der Waals surface area contributed by atoms with Gasteiger partial charge in [0.1, 0.15) is 5.82 Å². The van der Waals surface area contributed by atoms with Crippen LogP contribution in [0, 0.1) is 5.92 Å². The van der Waals surface area contributed by atoms with Gasteiger partial charge in [0, 0.05) is 18.9 Å². The van der Waals surface area contributed by atoms with Gasteiger partial charge < -0.3 is 11.1 Å². The SMILES string of the molecule is CCc1nc2n(n1)CC(NC(=O)C(N)C(C)CC)CC2.Cl. The molecule has 0 saturated carbocycles. The lowest BCUT2D eigenvalue weighted by atomic mass is 9.98. The zero-order chi connectivity index (χ0) is 14.7. The van der Waals surface area contributed by atoms with E-state index in [0.717, 1.165) is 37.3 Å². The third-order valence-electron chi connectivity index (χ3n) is 4.12. The van der Waals surface area contributed by atoms with E-state index in [9.17, 15) is 4.79 Å². The Hall–Kier alpha value is -1.14. The Morgan fingerprint density at radius 3 is 2.86 bits per heavy atom. The zero-order valence-electron chi connectivity index (χ0n) is 13.0. The number of nitrogens with two attached hydrogens (primary N) is 1. The Bertz CT molecular complexity index is 476. The van der Waals surface area contributed by atoms with Gasteiger partial charge in [0.25, 0.3) is 0 Å². The first-order chi connectivity index (χ1) is 9.55. The third kappa shape index (κ3) is 4.17. The van der Waals surface area contributed by atoms with Crippen molar-refractivity contribution in [3.8, 4) is 0 Å². The Kier molecular flexibility index (Phi) is 6.61. The van der Waals surface area contributed by atoms with Crippen LogP contribution in [0.25, 0.3) is 0 Å². The summed E-state index contributed by atoms with van der Waals surface area (Å²) in [5.41, 5.74) is 5.96. The van der Waals surface area contributed by atoms with Crippen molar-refractivity contribution < 1.29 is 4.79 Å². The molecule has 0 saturated heterocycles. The minimum Gasteiger partial charge on any atom is -0.350 e. The number of carbonyl (C=O) groups is 1. The second-order valence-electron chi connectivity index (χ2n) is 5.64. The van der Waals surface area contributed by atoms with E-state index in [0.29, 0.717) is 6.54 Å². The van der Waals surface area contributed by atoms with E-state index in [4.69, 9.17) is 5.73 Å². The number of nitrogens with one attached hydrogen (secondary N) is 1. The summed E-state index contributed by atoms with van der Waals surface area (Å²) in [7, 11) is 0. The molecule has 1 aromatic heterocycles. The number of amides is 1. The van der Waals surface area contributed by atoms with E-state index in [1.807, 2.05) is 25.5 Å². The van der Waals surface area contributed by atoms with Crippen molar-refractivity contribution in [3.63, 3.8) is 0 Å². The van der Waals surface area contributed by atoms with E-state index < -0.39 is 6.04 Å². The second-order valence-corrected chi connectivity index (χ2v) is 5.64. The molecule has 2 rings (SSSR count). The smallest absolute Gasteiger partial charge is 0.237 e. The number of hydrogen-bond donors (Lipinski definition) is 2. The Labute approximate surface area is 132 Å². The summed E-state index contributed by atoms with van der Waals surface area (Å²) in [5, 5.41) is 7.50. The molecule has 2 heterocycles. The molecule has 21 heavy (non-hydrogen) atoms. The fourth-order valence-corrected chi connectivity index (χ4v) is 2.44. The van der Waals surface area contributed by atoms with Crippen molar-refractivity contribution in [2.45, 2.75) is 65.1 Å². The first-order valence-corrected chi connectivity index (χ1v) is 7.53. The van der Waals surface area contributed by atoms with Crippen LogP contribution < -0.4 is 11.1 Å². The van der Waals surface area contributed by atoms with E-state index in [1.54, 1.807) is 0 Å². The van der Waals surface area contributed by atoms with Gasteiger partial charge in [-0.2, -0.15) is 5.10 Å². The molecule has 6 nitrogen and oxygen atoms in total. The molecule has 0 aliphatic carbocycles. The molecule has 3 N–H and O–H groups in total. The van der Waals surface area contributed by atoms with Crippen LogP contribution in [-0.4, -0.2) is 32.8 Å². The summed E-state index contributed by atoms with van der Waals surface area (Å²) < 4.78 is 1.92. The standard InChI is InChI=1S/C14H25N5O.ClH/c1-4-9(3)13(15)14(20)16-10-6-7-12-17-11(5-2)18-19(12)8-10;/h9-10,13H,4-8,15H2,1-3H3,(H,16,20);1H. The highest BCUT2D eigenvalue weighted by molar-refractivity contribution is 5.85. The van der Waals surface area contributed by atoms with Gasteiger partial charge in [-0.15, -0.1) is 12.4 Å². The van der Waals surface area contributed by atoms with Gasteiger partial charge in [-0.25, -0.2) is 9.67 Å². The van der Waals surface area contributed by atoms with Gasteiger partial charge in [-0.1, -0.05) is 27.2 Å². The Balaban J connectivity index is 0.00000220. The first-order valence-electron chi connectivity index (χ1n) is 7.53. The second kappa shape index (κ2) is 7.75. The third-order valence-corrected chi connectivity index (χ3v) is 4.12. The molecular weight excluding hydrogens is 290 g/mol. The Morgan fingerprint density at radius 2 is 2.24 bits per heavy atom. The first kappa shape index (κ1) is 17.9. The van der Waals surface area contributed by atoms with Crippen molar-refractivity contribution in [2.75, 3.05) is 0 Å². The highest BCUT2D eigenvalue weighted by Crippen LogP contribution is 2.14. The molecule has 1 aromatic rings. The van der Waals surface area contributed by atoms with Crippen molar-refractivity contribution in [3.05, 3.63) is 11.6 Å². The quantitative estimate of drug-likeness (QED) is 0.851. The van der Waals surface area contributed by atoms with Crippen LogP contribution >= 0.6 is 12.4 Å². The van der Waals surface area contributed by atoms with Gasteiger partial charge >= 0.3 is 0 Å². The molecule has 0 aromatic carbocycles. The number of aromatic nitrogens is 3. The number of halogens is 1. The number of rotatable bonds is 5. The minimum atomic E-state index is -0.427. The Morgan fingerprint density at radius 1 is 1.52 bits per heavy atom. The number of nitrogens with zero attached hydrogens (tertiary/aromatic N) is 3. The summed E-state index contributed by atoms with van der Waals surface area (Å²) in [5.74, 6) is 2.05. The lowest BCUT2D eigenvalue weighted by Gasteiger charge is -2.26. The van der Waals surface area contributed by atoms with Crippen LogP contribution in [0.2, 0.25) is 0 Å². The molecule has 1 aliphatic rings. The number of carbonyl (C=O) groups excluding carboxylic acids is 1. The van der Waals surface area contributed by atoms with Crippen molar-refractivity contribution >= 4 is 18.3 Å². The lowest BCUT2D eigenvalue weighted by Crippen LogP contribution is -2.50. The van der Waals surface area contributed by atoms with Gasteiger partial charge in [0.15, 0.2) is 5.82 Å². The topological polar surface area (TPSA) is 85.8 Å².